The highest BCUT2D eigenvalue weighted by atomic mass is 32.1. The summed E-state index contributed by atoms with van der Waals surface area (Å²) in [4.78, 5) is 29.4. The van der Waals surface area contributed by atoms with Crippen molar-refractivity contribution in [3.05, 3.63) is 36.3 Å². The van der Waals surface area contributed by atoms with E-state index in [1.807, 2.05) is 0 Å². The average molecular weight is 495 g/mol. The van der Waals surface area contributed by atoms with E-state index in [-0.39, 0.29) is 17.4 Å². The molecule has 0 aromatic carbocycles. The zero-order valence-corrected chi connectivity index (χ0v) is 20.7. The maximum absolute atomic E-state index is 11.3. The van der Waals surface area contributed by atoms with Crippen molar-refractivity contribution in [1.82, 2.24) is 29.7 Å². The molecule has 5 heterocycles. The van der Waals surface area contributed by atoms with E-state index in [2.05, 4.69) is 62.1 Å². The molecule has 0 radical (unpaired) electrons. The molecule has 0 unspecified atom stereocenters. The van der Waals surface area contributed by atoms with Gasteiger partial charge in [0.25, 0.3) is 0 Å². The number of rotatable bonds is 6. The van der Waals surface area contributed by atoms with E-state index in [1.165, 1.54) is 24.5 Å². The van der Waals surface area contributed by atoms with Crippen LogP contribution in [-0.4, -0.2) is 48.8 Å². The third-order valence-electron chi connectivity index (χ3n) is 5.35. The Bertz CT molecular complexity index is 1370. The Morgan fingerprint density at radius 3 is 2.83 bits per heavy atom. The Balaban J connectivity index is 1.36. The summed E-state index contributed by atoms with van der Waals surface area (Å²) in [6, 6.07) is 5.59. The fraction of sp³-hybridized carbons (Fsp3) is 0.391. The minimum absolute atomic E-state index is 0.0643. The minimum Gasteiger partial charge on any atom is -0.437 e. The number of amides is 1. The van der Waals surface area contributed by atoms with Crippen LogP contribution in [0.5, 0.6) is 11.6 Å². The molecule has 1 saturated heterocycles. The first-order valence-corrected chi connectivity index (χ1v) is 12.1. The van der Waals surface area contributed by atoms with Crippen LogP contribution in [0, 0.1) is 0 Å². The van der Waals surface area contributed by atoms with E-state index in [1.54, 1.807) is 18.3 Å². The number of aromatic nitrogens is 6. The lowest BCUT2D eigenvalue weighted by Gasteiger charge is -2.22. The molecule has 182 valence electrons. The van der Waals surface area contributed by atoms with Crippen LogP contribution in [0.2, 0.25) is 0 Å². The average Bonchev–Trinajstić information content (AvgIpc) is 3.52. The maximum Gasteiger partial charge on any atom is 0.239 e. The van der Waals surface area contributed by atoms with E-state index in [4.69, 9.17) is 14.6 Å². The molecular formula is C23H26N8O3S. The van der Waals surface area contributed by atoms with E-state index < -0.39 is 0 Å². The highest BCUT2D eigenvalue weighted by molar-refractivity contribution is 7.21. The molecule has 1 fully saturated rings. The van der Waals surface area contributed by atoms with Crippen LogP contribution in [0.15, 0.2) is 30.6 Å². The zero-order valence-electron chi connectivity index (χ0n) is 19.9. The number of nitrogens with one attached hydrogen (secondary N) is 2. The molecule has 5 rings (SSSR count). The summed E-state index contributed by atoms with van der Waals surface area (Å²) >= 11 is 1.36. The van der Waals surface area contributed by atoms with E-state index in [0.29, 0.717) is 39.7 Å². The number of fused-ring (bicyclic) bond motifs is 1. The first-order chi connectivity index (χ1) is 16.7. The van der Waals surface area contributed by atoms with Crippen LogP contribution in [0.4, 0.5) is 16.8 Å². The molecule has 1 aliphatic rings. The van der Waals surface area contributed by atoms with Crippen molar-refractivity contribution in [3.63, 3.8) is 0 Å². The first kappa shape index (κ1) is 23.1. The number of anilines is 3. The number of pyridine rings is 1. The smallest absolute Gasteiger partial charge is 0.239 e. The molecule has 4 aromatic heterocycles. The van der Waals surface area contributed by atoms with Gasteiger partial charge in [-0.3, -0.25) is 9.48 Å². The SMILES string of the molecule is CC(=O)Nc1cc(Oc2cnc3nc(Nc4cc(C(C)(C)C)n([C@H]5CCOC5)n4)sc3n2)ccn1. The molecule has 0 spiro atoms. The van der Waals surface area contributed by atoms with Crippen LogP contribution in [0.1, 0.15) is 45.9 Å². The van der Waals surface area contributed by atoms with Gasteiger partial charge in [0.1, 0.15) is 11.6 Å². The van der Waals surface area contributed by atoms with E-state index >= 15 is 0 Å². The Labute approximate surface area is 205 Å². The van der Waals surface area contributed by atoms with Crippen LogP contribution in [0.25, 0.3) is 10.5 Å². The van der Waals surface area contributed by atoms with Gasteiger partial charge in [-0.2, -0.15) is 15.1 Å². The van der Waals surface area contributed by atoms with Crippen LogP contribution < -0.4 is 15.4 Å². The lowest BCUT2D eigenvalue weighted by atomic mass is 9.91. The van der Waals surface area contributed by atoms with Gasteiger partial charge in [0.15, 0.2) is 21.4 Å². The Morgan fingerprint density at radius 1 is 1.23 bits per heavy atom. The molecule has 1 amide bonds. The summed E-state index contributed by atoms with van der Waals surface area (Å²) in [6.07, 6.45) is 4.01. The number of thiazole rings is 1. The number of ether oxygens (including phenoxy) is 2. The molecule has 2 N–H and O–H groups in total. The molecular weight excluding hydrogens is 468 g/mol. The van der Waals surface area contributed by atoms with Gasteiger partial charge in [-0.1, -0.05) is 32.1 Å². The Kier molecular flexibility index (Phi) is 6.07. The van der Waals surface area contributed by atoms with Crippen molar-refractivity contribution in [2.75, 3.05) is 23.8 Å². The minimum atomic E-state index is -0.212. The molecule has 11 nitrogen and oxygen atoms in total. The van der Waals surface area contributed by atoms with Crippen molar-refractivity contribution < 1.29 is 14.3 Å². The largest absolute Gasteiger partial charge is 0.437 e. The zero-order chi connectivity index (χ0) is 24.6. The van der Waals surface area contributed by atoms with Gasteiger partial charge in [-0.05, 0) is 12.5 Å². The molecule has 1 atom stereocenters. The number of nitrogens with zero attached hydrogens (tertiary/aromatic N) is 6. The van der Waals surface area contributed by atoms with Gasteiger partial charge in [-0.15, -0.1) is 0 Å². The number of hydrogen-bond acceptors (Lipinski definition) is 10. The molecule has 0 saturated carbocycles. The van der Waals surface area contributed by atoms with Gasteiger partial charge in [0.05, 0.1) is 18.8 Å². The van der Waals surface area contributed by atoms with Crippen LogP contribution >= 0.6 is 11.3 Å². The van der Waals surface area contributed by atoms with E-state index in [0.717, 1.165) is 24.5 Å². The predicted molar refractivity (Wildman–Crippen MR) is 133 cm³/mol. The topological polar surface area (TPSA) is 129 Å². The van der Waals surface area contributed by atoms with Crippen molar-refractivity contribution >= 4 is 44.5 Å². The number of hydrogen-bond donors (Lipinski definition) is 2. The Hall–Kier alpha value is -3.64. The summed E-state index contributed by atoms with van der Waals surface area (Å²) in [7, 11) is 0. The van der Waals surface area contributed by atoms with Gasteiger partial charge in [0.2, 0.25) is 11.8 Å². The van der Waals surface area contributed by atoms with Gasteiger partial charge >= 0.3 is 0 Å². The Morgan fingerprint density at radius 2 is 2.09 bits per heavy atom. The monoisotopic (exact) mass is 494 g/mol. The molecule has 35 heavy (non-hydrogen) atoms. The van der Waals surface area contributed by atoms with Crippen LogP contribution in [0.3, 0.4) is 0 Å². The van der Waals surface area contributed by atoms with Crippen LogP contribution in [-0.2, 0) is 14.9 Å². The predicted octanol–water partition coefficient (Wildman–Crippen LogP) is 4.43. The fourth-order valence-corrected chi connectivity index (χ4v) is 4.57. The van der Waals surface area contributed by atoms with Gasteiger partial charge in [0, 0.05) is 43.0 Å². The maximum atomic E-state index is 11.3. The number of carbonyl (C=O) groups is 1. The van der Waals surface area contributed by atoms with Crippen molar-refractivity contribution in [1.29, 1.82) is 0 Å². The summed E-state index contributed by atoms with van der Waals surface area (Å²) in [5.74, 6) is 1.70. The second-order valence-electron chi connectivity index (χ2n) is 9.27. The number of carbonyl (C=O) groups excluding carboxylic acids is 1. The quantitative estimate of drug-likeness (QED) is 0.400. The molecule has 12 heteroatoms. The van der Waals surface area contributed by atoms with Crippen molar-refractivity contribution in [2.24, 2.45) is 0 Å². The third-order valence-corrected chi connectivity index (χ3v) is 6.20. The van der Waals surface area contributed by atoms with Gasteiger partial charge < -0.3 is 20.1 Å². The summed E-state index contributed by atoms with van der Waals surface area (Å²) in [5, 5.41) is 11.4. The lowest BCUT2D eigenvalue weighted by Crippen LogP contribution is -2.22. The normalized spacial score (nSPS) is 15.9. The first-order valence-electron chi connectivity index (χ1n) is 11.2. The second-order valence-corrected chi connectivity index (χ2v) is 10.2. The molecule has 0 bridgehead atoms. The lowest BCUT2D eigenvalue weighted by molar-refractivity contribution is -0.114. The van der Waals surface area contributed by atoms with Crippen molar-refractivity contribution in [3.8, 4) is 11.6 Å². The summed E-state index contributed by atoms with van der Waals surface area (Å²) in [5.41, 5.74) is 1.59. The molecule has 0 aliphatic carbocycles. The standard InChI is InChI=1S/C23H26N8O3S/c1-13(32)26-17-9-15(5-7-24-17)34-19-11-25-20-21(28-19)35-22(29-20)27-18-10-16(23(2,3)4)31(30-18)14-6-8-33-12-14/h5,7,9-11,14H,6,8,12H2,1-4H3,(H,24,26,32)(H,25,27,29,30)/t14-/m0/s1. The summed E-state index contributed by atoms with van der Waals surface area (Å²) in [6.45, 7) is 9.37. The second kappa shape index (κ2) is 9.19. The van der Waals surface area contributed by atoms with E-state index in [9.17, 15) is 4.79 Å². The third kappa shape index (κ3) is 5.23. The molecule has 1 aliphatic heterocycles. The highest BCUT2D eigenvalue weighted by Crippen LogP contribution is 2.33. The highest BCUT2D eigenvalue weighted by Gasteiger charge is 2.28. The molecule has 4 aromatic rings. The fourth-order valence-electron chi connectivity index (χ4n) is 3.77. The van der Waals surface area contributed by atoms with Crippen molar-refractivity contribution in [2.45, 2.75) is 45.6 Å². The summed E-state index contributed by atoms with van der Waals surface area (Å²) < 4.78 is 13.5. The van der Waals surface area contributed by atoms with Gasteiger partial charge in [-0.25, -0.2) is 9.97 Å².